The summed E-state index contributed by atoms with van der Waals surface area (Å²) in [6, 6.07) is 6.09. The Hall–Kier alpha value is -0.930. The lowest BCUT2D eigenvalue weighted by Crippen LogP contribution is -2.16. The highest BCUT2D eigenvalue weighted by Gasteiger charge is 2.05. The Morgan fingerprint density at radius 2 is 1.95 bits per heavy atom. The third-order valence-electron chi connectivity index (χ3n) is 2.76. The molecule has 0 radical (unpaired) electrons. The molecule has 0 bridgehead atoms. The fraction of sp³-hybridized carbons (Fsp3) is 0.600. The summed E-state index contributed by atoms with van der Waals surface area (Å²) in [7, 11) is 1.67. The average molecular weight is 288 g/mol. The zero-order valence-corrected chi connectivity index (χ0v) is 13.2. The van der Waals surface area contributed by atoms with Gasteiger partial charge in [0.2, 0.25) is 0 Å². The molecule has 0 aromatic heterocycles. The van der Waals surface area contributed by atoms with Crippen LogP contribution in [0.3, 0.4) is 0 Å². The smallest absolute Gasteiger partial charge is 0.161 e. The molecule has 0 atom stereocenters. The second-order valence-electron chi connectivity index (χ2n) is 4.78. The van der Waals surface area contributed by atoms with Gasteiger partial charge < -0.3 is 14.8 Å². The third kappa shape index (κ3) is 6.69. The molecule has 4 heteroatoms. The van der Waals surface area contributed by atoms with Gasteiger partial charge in [0.1, 0.15) is 0 Å². The Kier molecular flexibility index (Phi) is 9.44. The van der Waals surface area contributed by atoms with Crippen LogP contribution in [-0.2, 0) is 6.54 Å². The van der Waals surface area contributed by atoms with Crippen LogP contribution in [0, 0.1) is 5.92 Å². The van der Waals surface area contributed by atoms with Gasteiger partial charge in [-0.15, -0.1) is 12.4 Å². The van der Waals surface area contributed by atoms with Crippen molar-refractivity contribution in [2.24, 2.45) is 5.92 Å². The lowest BCUT2D eigenvalue weighted by molar-refractivity contribution is 0.310. The largest absolute Gasteiger partial charge is 0.493 e. The zero-order valence-electron chi connectivity index (χ0n) is 12.4. The lowest BCUT2D eigenvalue weighted by atomic mass is 10.1. The summed E-state index contributed by atoms with van der Waals surface area (Å²) < 4.78 is 10.8. The molecule has 1 N–H and O–H groups in total. The molecule has 1 aromatic rings. The van der Waals surface area contributed by atoms with E-state index in [4.69, 9.17) is 9.47 Å². The molecule has 0 amide bonds. The maximum absolute atomic E-state index is 5.49. The number of nitrogens with one attached hydrogen (secondary N) is 1. The van der Waals surface area contributed by atoms with Crippen molar-refractivity contribution in [3.8, 4) is 11.5 Å². The highest BCUT2D eigenvalue weighted by Crippen LogP contribution is 2.27. The van der Waals surface area contributed by atoms with E-state index in [2.05, 4.69) is 25.2 Å². The van der Waals surface area contributed by atoms with Crippen molar-refractivity contribution < 1.29 is 9.47 Å². The lowest BCUT2D eigenvalue weighted by Gasteiger charge is -2.12. The molecule has 0 aliphatic rings. The van der Waals surface area contributed by atoms with Crippen molar-refractivity contribution in [2.75, 3.05) is 20.3 Å². The number of benzene rings is 1. The normalized spacial score (nSPS) is 10.2. The van der Waals surface area contributed by atoms with Gasteiger partial charge in [0.05, 0.1) is 13.7 Å². The molecule has 0 heterocycles. The van der Waals surface area contributed by atoms with E-state index < -0.39 is 0 Å². The molecule has 0 fully saturated rings. The van der Waals surface area contributed by atoms with Crippen molar-refractivity contribution in [3.05, 3.63) is 23.8 Å². The van der Waals surface area contributed by atoms with Crippen LogP contribution < -0.4 is 14.8 Å². The van der Waals surface area contributed by atoms with Crippen LogP contribution in [0.4, 0.5) is 0 Å². The van der Waals surface area contributed by atoms with Gasteiger partial charge >= 0.3 is 0 Å². The third-order valence-corrected chi connectivity index (χ3v) is 2.76. The minimum Gasteiger partial charge on any atom is -0.493 e. The zero-order chi connectivity index (χ0) is 13.4. The molecule has 110 valence electrons. The monoisotopic (exact) mass is 287 g/mol. The fourth-order valence-electron chi connectivity index (χ4n) is 1.72. The topological polar surface area (TPSA) is 30.5 Å². The molecule has 1 rings (SSSR count). The van der Waals surface area contributed by atoms with E-state index in [-0.39, 0.29) is 12.4 Å². The van der Waals surface area contributed by atoms with E-state index in [0.29, 0.717) is 6.61 Å². The quantitative estimate of drug-likeness (QED) is 0.740. The summed E-state index contributed by atoms with van der Waals surface area (Å²) in [5.74, 6) is 2.36. The van der Waals surface area contributed by atoms with Crippen LogP contribution in [-0.4, -0.2) is 20.3 Å². The van der Waals surface area contributed by atoms with Crippen LogP contribution in [0.15, 0.2) is 18.2 Å². The van der Waals surface area contributed by atoms with E-state index in [0.717, 1.165) is 30.5 Å². The number of rotatable bonds is 8. The van der Waals surface area contributed by atoms with Gasteiger partial charge in [0, 0.05) is 6.54 Å². The molecule has 19 heavy (non-hydrogen) atoms. The maximum atomic E-state index is 5.49. The van der Waals surface area contributed by atoms with Gasteiger partial charge in [0.25, 0.3) is 0 Å². The highest BCUT2D eigenvalue weighted by molar-refractivity contribution is 5.85. The summed E-state index contributed by atoms with van der Waals surface area (Å²) in [6.45, 7) is 9.02. The summed E-state index contributed by atoms with van der Waals surface area (Å²) >= 11 is 0. The van der Waals surface area contributed by atoms with Gasteiger partial charge in [-0.25, -0.2) is 0 Å². The predicted octanol–water partition coefficient (Wildman–Crippen LogP) is 3.65. The first kappa shape index (κ1) is 18.1. The Balaban J connectivity index is 0.00000324. The Morgan fingerprint density at radius 1 is 1.21 bits per heavy atom. The maximum Gasteiger partial charge on any atom is 0.161 e. The van der Waals surface area contributed by atoms with Crippen molar-refractivity contribution in [3.63, 3.8) is 0 Å². The van der Waals surface area contributed by atoms with E-state index in [9.17, 15) is 0 Å². The van der Waals surface area contributed by atoms with Gasteiger partial charge in [-0.3, -0.25) is 0 Å². The van der Waals surface area contributed by atoms with Gasteiger partial charge in [-0.05, 0) is 43.5 Å². The molecular formula is C15H26ClNO2. The Morgan fingerprint density at radius 3 is 2.53 bits per heavy atom. The highest BCUT2D eigenvalue weighted by atomic mass is 35.5. The SMILES string of the molecule is CCOc1ccc(CNCCC(C)C)cc1OC.Cl. The first-order chi connectivity index (χ1) is 8.67. The second-order valence-corrected chi connectivity index (χ2v) is 4.78. The minimum absolute atomic E-state index is 0. The van der Waals surface area contributed by atoms with Crippen LogP contribution in [0.1, 0.15) is 32.8 Å². The molecule has 1 aromatic carbocycles. The van der Waals surface area contributed by atoms with Crippen molar-refractivity contribution in [1.29, 1.82) is 0 Å². The molecule has 0 saturated heterocycles. The second kappa shape index (κ2) is 9.93. The van der Waals surface area contributed by atoms with Crippen LogP contribution >= 0.6 is 12.4 Å². The Labute approximate surface area is 123 Å². The minimum atomic E-state index is 0. The molecule has 3 nitrogen and oxygen atoms in total. The molecule has 0 aliphatic heterocycles. The number of ether oxygens (including phenoxy) is 2. The summed E-state index contributed by atoms with van der Waals surface area (Å²) in [5, 5.41) is 3.44. The summed E-state index contributed by atoms with van der Waals surface area (Å²) in [5.41, 5.74) is 1.22. The van der Waals surface area contributed by atoms with Crippen molar-refractivity contribution in [2.45, 2.75) is 33.7 Å². The number of methoxy groups -OCH3 is 1. The first-order valence-corrected chi connectivity index (χ1v) is 6.67. The molecule has 0 spiro atoms. The molecule has 0 unspecified atom stereocenters. The van der Waals surface area contributed by atoms with E-state index in [1.54, 1.807) is 7.11 Å². The molecular weight excluding hydrogens is 262 g/mol. The van der Waals surface area contributed by atoms with Crippen LogP contribution in [0.5, 0.6) is 11.5 Å². The summed E-state index contributed by atoms with van der Waals surface area (Å²) in [4.78, 5) is 0. The number of halogens is 1. The average Bonchev–Trinajstić information content (AvgIpc) is 2.36. The van der Waals surface area contributed by atoms with E-state index in [1.165, 1.54) is 12.0 Å². The van der Waals surface area contributed by atoms with Gasteiger partial charge in [-0.1, -0.05) is 19.9 Å². The van der Waals surface area contributed by atoms with E-state index >= 15 is 0 Å². The predicted molar refractivity (Wildman–Crippen MR) is 82.6 cm³/mol. The molecule has 0 saturated carbocycles. The number of hydrogen-bond acceptors (Lipinski definition) is 3. The molecule has 0 aliphatic carbocycles. The number of hydrogen-bond donors (Lipinski definition) is 1. The standard InChI is InChI=1S/C15H25NO2.ClH/c1-5-18-14-7-6-13(10-15(14)17-4)11-16-9-8-12(2)3;/h6-7,10,12,16H,5,8-9,11H2,1-4H3;1H. The first-order valence-electron chi connectivity index (χ1n) is 6.67. The van der Waals surface area contributed by atoms with Gasteiger partial charge in [-0.2, -0.15) is 0 Å². The van der Waals surface area contributed by atoms with Gasteiger partial charge in [0.15, 0.2) is 11.5 Å². The fourth-order valence-corrected chi connectivity index (χ4v) is 1.72. The van der Waals surface area contributed by atoms with Crippen LogP contribution in [0.2, 0.25) is 0 Å². The Bertz CT molecular complexity index is 356. The van der Waals surface area contributed by atoms with Crippen LogP contribution in [0.25, 0.3) is 0 Å². The van der Waals surface area contributed by atoms with Crippen molar-refractivity contribution >= 4 is 12.4 Å². The van der Waals surface area contributed by atoms with Crippen molar-refractivity contribution in [1.82, 2.24) is 5.32 Å². The summed E-state index contributed by atoms with van der Waals surface area (Å²) in [6.07, 6.45) is 1.20. The van der Waals surface area contributed by atoms with E-state index in [1.807, 2.05) is 19.1 Å².